The summed E-state index contributed by atoms with van der Waals surface area (Å²) in [7, 11) is -0.477. The summed E-state index contributed by atoms with van der Waals surface area (Å²) in [4.78, 5) is 49.1. The van der Waals surface area contributed by atoms with E-state index in [0.29, 0.717) is 37.3 Å². The summed E-state index contributed by atoms with van der Waals surface area (Å²) in [5.74, 6) is 0. The molecule has 0 aliphatic carbocycles. The van der Waals surface area contributed by atoms with E-state index in [1.807, 2.05) is 139 Å². The molecule has 0 spiro atoms. The highest BCUT2D eigenvalue weighted by Crippen LogP contribution is 2.36. The Morgan fingerprint density at radius 1 is 0.712 bits per heavy atom. The number of nitrogens with zero attached hydrogens (tertiary/aromatic N) is 2. The van der Waals surface area contributed by atoms with Crippen LogP contribution in [0.2, 0.25) is 0 Å². The number of rotatable bonds is 4. The normalized spacial score (nSPS) is 17.6. The van der Waals surface area contributed by atoms with Gasteiger partial charge in [0, 0.05) is 37.3 Å². The summed E-state index contributed by atoms with van der Waals surface area (Å²) in [6, 6.07) is 11.4. The van der Waals surface area contributed by atoms with Gasteiger partial charge in [-0.2, -0.15) is 0 Å². The average Bonchev–Trinajstić information content (AvgIpc) is 3.74. The monoisotopic (exact) mass is 716 g/mol. The molecule has 0 bridgehead atoms. The van der Waals surface area contributed by atoms with E-state index in [9.17, 15) is 19.2 Å². The first-order valence-electron chi connectivity index (χ1n) is 17.7. The molecular weight excluding hydrogens is 659 g/mol. The van der Waals surface area contributed by atoms with Crippen LogP contribution in [0.1, 0.15) is 114 Å². The lowest BCUT2D eigenvalue weighted by Crippen LogP contribution is -2.41. The molecule has 10 nitrogen and oxygen atoms in total. The maximum atomic E-state index is 12.1. The molecule has 3 aliphatic heterocycles. The molecule has 52 heavy (non-hydrogen) atoms. The summed E-state index contributed by atoms with van der Waals surface area (Å²) < 4.78 is 22.5. The minimum absolute atomic E-state index is 0.222. The van der Waals surface area contributed by atoms with Crippen molar-refractivity contribution in [3.05, 3.63) is 81.9 Å². The molecule has 0 aromatic heterocycles. The minimum atomic E-state index is -0.503. The summed E-state index contributed by atoms with van der Waals surface area (Å²) in [6.07, 6.45) is 5.18. The lowest BCUT2D eigenvalue weighted by Gasteiger charge is -2.32. The molecule has 0 unspecified atom stereocenters. The third-order valence-electron chi connectivity index (χ3n) is 8.88. The molecule has 3 heterocycles. The predicted octanol–water partition coefficient (Wildman–Crippen LogP) is 7.73. The highest BCUT2D eigenvalue weighted by atomic mass is 16.7. The van der Waals surface area contributed by atoms with Gasteiger partial charge in [-0.15, -0.1) is 0 Å². The summed E-state index contributed by atoms with van der Waals surface area (Å²) in [6.45, 7) is 27.5. The number of amides is 2. The fourth-order valence-electron chi connectivity index (χ4n) is 5.40. The van der Waals surface area contributed by atoms with Crippen molar-refractivity contribution in [3.63, 3.8) is 0 Å². The fourth-order valence-corrected chi connectivity index (χ4v) is 5.40. The zero-order valence-electron chi connectivity index (χ0n) is 33.3. The Morgan fingerprint density at radius 2 is 1.17 bits per heavy atom. The van der Waals surface area contributed by atoms with Crippen LogP contribution < -0.4 is 5.46 Å². The van der Waals surface area contributed by atoms with Crippen LogP contribution in [0.15, 0.2) is 54.1 Å². The molecule has 282 valence electrons. The van der Waals surface area contributed by atoms with Crippen molar-refractivity contribution in [2.45, 2.75) is 112 Å². The second kappa shape index (κ2) is 16.6. The third kappa shape index (κ3) is 11.6. The number of aryl methyl sites for hydroxylation is 2. The van der Waals surface area contributed by atoms with E-state index in [1.165, 1.54) is 5.57 Å². The Balaban J connectivity index is 0.000000216. The van der Waals surface area contributed by atoms with Gasteiger partial charge in [-0.1, -0.05) is 65.3 Å². The molecule has 2 aromatic rings. The van der Waals surface area contributed by atoms with Gasteiger partial charge < -0.3 is 28.6 Å². The van der Waals surface area contributed by atoms with Crippen molar-refractivity contribution in [1.29, 1.82) is 0 Å². The number of aldehydes is 2. The van der Waals surface area contributed by atoms with Gasteiger partial charge in [-0.3, -0.25) is 9.59 Å². The second-order valence-electron chi connectivity index (χ2n) is 16.5. The molecule has 0 radical (unpaired) electrons. The first-order chi connectivity index (χ1) is 23.9. The smallest absolute Gasteiger partial charge is 0.444 e. The predicted molar refractivity (Wildman–Crippen MR) is 206 cm³/mol. The van der Waals surface area contributed by atoms with Crippen LogP contribution in [-0.2, 0) is 18.8 Å². The number of hydrogen-bond acceptors (Lipinski definition) is 8. The van der Waals surface area contributed by atoms with Crippen molar-refractivity contribution in [2.75, 3.05) is 26.2 Å². The summed E-state index contributed by atoms with van der Waals surface area (Å²) >= 11 is 0. The van der Waals surface area contributed by atoms with Gasteiger partial charge >= 0.3 is 19.3 Å². The van der Waals surface area contributed by atoms with Crippen molar-refractivity contribution in [2.24, 2.45) is 0 Å². The standard InChI is InChI=1S/C17H21NO3.C14H19BO3.C10H17NO2/c1-12-5-6-14(11-19)15(9-12)13-7-8-18(10-13)16(20)21-17(2,3)4;1-10-6-7-11(9-16)12(8-10)15-17-13(2,3)14(4,5)18-15;1-8-5-6-11(7-8)9(12)13-10(2,3)4/h5-7,9,11H,8,10H2,1-4H3;6-9H,1-5H3;5H,6-7H2,1-4H3. The summed E-state index contributed by atoms with van der Waals surface area (Å²) in [5, 5.41) is 0. The zero-order chi connectivity index (χ0) is 39.2. The van der Waals surface area contributed by atoms with Crippen molar-refractivity contribution < 1.29 is 38.0 Å². The lowest BCUT2D eigenvalue weighted by atomic mass is 9.75. The molecule has 11 heteroatoms. The van der Waals surface area contributed by atoms with Crippen LogP contribution in [-0.4, -0.2) is 90.3 Å². The lowest BCUT2D eigenvalue weighted by molar-refractivity contribution is 0.00578. The topological polar surface area (TPSA) is 112 Å². The first-order valence-corrected chi connectivity index (χ1v) is 17.7. The molecule has 2 aromatic carbocycles. The fraction of sp³-hybridized carbons (Fsp3) is 0.512. The van der Waals surface area contributed by atoms with Crippen LogP contribution in [0.25, 0.3) is 5.57 Å². The van der Waals surface area contributed by atoms with Crippen molar-refractivity contribution >= 4 is 42.9 Å². The minimum Gasteiger partial charge on any atom is -0.444 e. The Morgan fingerprint density at radius 3 is 1.63 bits per heavy atom. The maximum Gasteiger partial charge on any atom is 0.495 e. The van der Waals surface area contributed by atoms with Crippen LogP contribution in [0, 0.1) is 13.8 Å². The van der Waals surface area contributed by atoms with Gasteiger partial charge in [0.1, 0.15) is 17.5 Å². The number of hydrogen-bond donors (Lipinski definition) is 0. The first kappa shape index (κ1) is 42.2. The van der Waals surface area contributed by atoms with Gasteiger partial charge in [0.2, 0.25) is 0 Å². The summed E-state index contributed by atoms with van der Waals surface area (Å²) in [5.41, 5.74) is 5.71. The van der Waals surface area contributed by atoms with Crippen LogP contribution >= 0.6 is 0 Å². The number of carbonyl (C=O) groups is 4. The van der Waals surface area contributed by atoms with E-state index < -0.39 is 18.3 Å². The van der Waals surface area contributed by atoms with E-state index in [1.54, 1.807) is 9.80 Å². The molecule has 5 rings (SSSR count). The van der Waals surface area contributed by atoms with Crippen molar-refractivity contribution in [1.82, 2.24) is 9.80 Å². The largest absolute Gasteiger partial charge is 0.495 e. The van der Waals surface area contributed by atoms with Crippen LogP contribution in [0.3, 0.4) is 0 Å². The van der Waals surface area contributed by atoms with Gasteiger partial charge in [0.05, 0.1) is 11.2 Å². The Bertz CT molecular complexity index is 1680. The molecule has 0 atom stereocenters. The highest BCUT2D eigenvalue weighted by Gasteiger charge is 2.52. The van der Waals surface area contributed by atoms with Gasteiger partial charge in [-0.05, 0) is 107 Å². The van der Waals surface area contributed by atoms with E-state index >= 15 is 0 Å². The number of benzene rings is 2. The Hall–Kier alpha value is -4.22. The SMILES string of the molecule is CC1=CCN(C(=O)OC(C)(C)C)C1.Cc1ccc(C=O)c(B2OC(C)(C)C(C)(C)O2)c1.Cc1ccc(C=O)c(C2=CCN(C(=O)OC(C)(C)C)C2)c1. The molecule has 2 amide bonds. The zero-order valence-corrected chi connectivity index (χ0v) is 33.3. The molecule has 1 fully saturated rings. The van der Waals surface area contributed by atoms with E-state index in [2.05, 4.69) is 0 Å². The van der Waals surface area contributed by atoms with Crippen molar-refractivity contribution in [3.8, 4) is 0 Å². The van der Waals surface area contributed by atoms with E-state index in [0.717, 1.165) is 40.3 Å². The van der Waals surface area contributed by atoms with Gasteiger partial charge in [-0.25, -0.2) is 9.59 Å². The Labute approximate surface area is 310 Å². The highest BCUT2D eigenvalue weighted by molar-refractivity contribution is 6.63. The van der Waals surface area contributed by atoms with Gasteiger partial charge in [0.25, 0.3) is 0 Å². The number of ether oxygens (including phenoxy) is 2. The van der Waals surface area contributed by atoms with Gasteiger partial charge in [0.15, 0.2) is 6.29 Å². The van der Waals surface area contributed by atoms with Crippen LogP contribution in [0.4, 0.5) is 9.59 Å². The van der Waals surface area contributed by atoms with E-state index in [4.69, 9.17) is 18.8 Å². The Kier molecular flexibility index (Phi) is 13.5. The number of carbonyl (C=O) groups excluding carboxylic acids is 4. The molecule has 1 saturated heterocycles. The third-order valence-corrected chi connectivity index (χ3v) is 8.88. The average molecular weight is 717 g/mol. The molecular formula is C41H57BN2O8. The maximum absolute atomic E-state index is 12.1. The quantitative estimate of drug-likeness (QED) is 0.180. The van der Waals surface area contributed by atoms with Crippen LogP contribution in [0.5, 0.6) is 0 Å². The van der Waals surface area contributed by atoms with E-state index in [-0.39, 0.29) is 23.4 Å². The second-order valence-corrected chi connectivity index (χ2v) is 16.5. The molecule has 0 N–H and O–H groups in total. The molecule has 0 saturated carbocycles. The molecule has 3 aliphatic rings.